The molecule has 0 saturated carbocycles. The smallest absolute Gasteiger partial charge is 0.322 e. The summed E-state index contributed by atoms with van der Waals surface area (Å²) in [5, 5.41) is 21.6. The maximum absolute atomic E-state index is 12.2. The first-order valence-electron chi connectivity index (χ1n) is 6.04. The van der Waals surface area contributed by atoms with E-state index in [1.54, 1.807) is 12.1 Å². The number of hydrogen-bond acceptors (Lipinski definition) is 4. The van der Waals surface area contributed by atoms with Crippen LogP contribution < -0.4 is 5.32 Å². The summed E-state index contributed by atoms with van der Waals surface area (Å²) in [4.78, 5) is 24.6. The molecular weight excluding hydrogens is 248 g/mol. The number of piperazine rings is 1. The van der Waals surface area contributed by atoms with Gasteiger partial charge in [0.2, 0.25) is 0 Å². The summed E-state index contributed by atoms with van der Waals surface area (Å²) in [6, 6.07) is 4.06. The summed E-state index contributed by atoms with van der Waals surface area (Å²) in [7, 11) is 0. The van der Waals surface area contributed by atoms with Crippen molar-refractivity contribution in [2.24, 2.45) is 0 Å². The van der Waals surface area contributed by atoms with Crippen molar-refractivity contribution in [1.82, 2.24) is 10.2 Å². The summed E-state index contributed by atoms with van der Waals surface area (Å²) in [6.45, 7) is 2.77. The Morgan fingerprint density at radius 3 is 2.79 bits per heavy atom. The highest BCUT2D eigenvalue weighted by atomic mass is 16.4. The Morgan fingerprint density at radius 2 is 2.16 bits per heavy atom. The van der Waals surface area contributed by atoms with Crippen LogP contribution in [0, 0.1) is 6.92 Å². The second-order valence-corrected chi connectivity index (χ2v) is 4.62. The summed E-state index contributed by atoms with van der Waals surface area (Å²) in [6.07, 6.45) is 0. The number of carboxylic acids is 1. The molecule has 1 aliphatic heterocycles. The van der Waals surface area contributed by atoms with Crippen molar-refractivity contribution >= 4 is 11.9 Å². The molecule has 6 nitrogen and oxygen atoms in total. The van der Waals surface area contributed by atoms with Gasteiger partial charge >= 0.3 is 5.97 Å². The van der Waals surface area contributed by atoms with Crippen molar-refractivity contribution in [3.63, 3.8) is 0 Å². The van der Waals surface area contributed by atoms with Gasteiger partial charge in [-0.25, -0.2) is 0 Å². The van der Waals surface area contributed by atoms with Crippen molar-refractivity contribution < 1.29 is 19.8 Å². The summed E-state index contributed by atoms with van der Waals surface area (Å²) in [5.41, 5.74) is 1.06. The molecule has 6 heteroatoms. The molecule has 1 amide bonds. The lowest BCUT2D eigenvalue weighted by atomic mass is 10.1. The first-order valence-corrected chi connectivity index (χ1v) is 6.04. The van der Waals surface area contributed by atoms with E-state index in [9.17, 15) is 14.7 Å². The number of hydrogen-bond donors (Lipinski definition) is 3. The standard InChI is InChI=1S/C13H16N2O4/c1-8-2-3-9(11(16)6-8)12(17)15-5-4-14-10(7-15)13(18)19/h2-3,6,10,14,16H,4-5,7H2,1H3,(H,18,19)/t10-/m0/s1. The number of carbonyl (C=O) groups is 2. The zero-order chi connectivity index (χ0) is 14.0. The van der Waals surface area contributed by atoms with Gasteiger partial charge in [-0.3, -0.25) is 9.59 Å². The van der Waals surface area contributed by atoms with E-state index in [2.05, 4.69) is 5.32 Å². The van der Waals surface area contributed by atoms with Gasteiger partial charge in [-0.1, -0.05) is 6.07 Å². The molecule has 19 heavy (non-hydrogen) atoms. The number of phenolic OH excluding ortho intramolecular Hbond substituents is 1. The molecule has 102 valence electrons. The van der Waals surface area contributed by atoms with Gasteiger partial charge in [0.25, 0.3) is 5.91 Å². The minimum atomic E-state index is -0.981. The molecule has 1 fully saturated rings. The third kappa shape index (κ3) is 2.85. The molecule has 3 N–H and O–H groups in total. The molecule has 1 aromatic carbocycles. The largest absolute Gasteiger partial charge is 0.507 e. The Kier molecular flexibility index (Phi) is 3.71. The number of aliphatic carboxylic acids is 1. The van der Waals surface area contributed by atoms with Crippen LogP contribution in [0.25, 0.3) is 0 Å². The predicted molar refractivity (Wildman–Crippen MR) is 68.2 cm³/mol. The number of nitrogens with one attached hydrogen (secondary N) is 1. The van der Waals surface area contributed by atoms with E-state index in [1.807, 2.05) is 6.92 Å². The second-order valence-electron chi connectivity index (χ2n) is 4.62. The van der Waals surface area contributed by atoms with Crippen LogP contribution in [-0.4, -0.2) is 52.7 Å². The first-order chi connectivity index (χ1) is 8.99. The molecule has 1 aromatic rings. The zero-order valence-corrected chi connectivity index (χ0v) is 10.6. The molecule has 0 unspecified atom stereocenters. The third-order valence-corrected chi connectivity index (χ3v) is 3.14. The van der Waals surface area contributed by atoms with Gasteiger partial charge in [-0.15, -0.1) is 0 Å². The van der Waals surface area contributed by atoms with Crippen molar-refractivity contribution in [1.29, 1.82) is 0 Å². The van der Waals surface area contributed by atoms with Gasteiger partial charge in [-0.05, 0) is 24.6 Å². The summed E-state index contributed by atoms with van der Waals surface area (Å²) >= 11 is 0. The van der Waals surface area contributed by atoms with Crippen LogP contribution >= 0.6 is 0 Å². The predicted octanol–water partition coefficient (Wildman–Crippen LogP) is 0.199. The van der Waals surface area contributed by atoms with Gasteiger partial charge in [0.1, 0.15) is 11.8 Å². The molecule has 0 aromatic heterocycles. The molecule has 1 heterocycles. The Labute approximate surface area is 110 Å². The topological polar surface area (TPSA) is 89.9 Å². The molecular formula is C13H16N2O4. The van der Waals surface area contributed by atoms with Crippen LogP contribution in [0.15, 0.2) is 18.2 Å². The minimum Gasteiger partial charge on any atom is -0.507 e. The van der Waals surface area contributed by atoms with Crippen molar-refractivity contribution in [2.45, 2.75) is 13.0 Å². The maximum atomic E-state index is 12.2. The Bertz CT molecular complexity index is 515. The van der Waals surface area contributed by atoms with E-state index in [0.29, 0.717) is 13.1 Å². The van der Waals surface area contributed by atoms with Crippen LogP contribution in [0.1, 0.15) is 15.9 Å². The average molecular weight is 264 g/mol. The molecule has 0 radical (unpaired) electrons. The number of aromatic hydroxyl groups is 1. The fraction of sp³-hybridized carbons (Fsp3) is 0.385. The fourth-order valence-electron chi connectivity index (χ4n) is 2.09. The van der Waals surface area contributed by atoms with E-state index >= 15 is 0 Å². The van der Waals surface area contributed by atoms with E-state index in [0.717, 1.165) is 5.56 Å². The van der Waals surface area contributed by atoms with Crippen LogP contribution in [-0.2, 0) is 4.79 Å². The molecule has 2 rings (SSSR count). The van der Waals surface area contributed by atoms with E-state index in [4.69, 9.17) is 5.11 Å². The number of aryl methyl sites for hydroxylation is 1. The molecule has 1 aliphatic rings. The van der Waals surface area contributed by atoms with Gasteiger partial charge in [0, 0.05) is 19.6 Å². The average Bonchev–Trinajstić information content (AvgIpc) is 2.38. The monoisotopic (exact) mass is 264 g/mol. The summed E-state index contributed by atoms with van der Waals surface area (Å²) in [5.74, 6) is -1.40. The number of carboxylic acid groups (broad SMARTS) is 1. The van der Waals surface area contributed by atoms with Crippen LogP contribution in [0.5, 0.6) is 5.75 Å². The molecule has 1 atom stereocenters. The number of phenols is 1. The molecule has 0 spiro atoms. The first kappa shape index (κ1) is 13.4. The third-order valence-electron chi connectivity index (χ3n) is 3.14. The van der Waals surface area contributed by atoms with Crippen molar-refractivity contribution in [3.8, 4) is 5.75 Å². The summed E-state index contributed by atoms with van der Waals surface area (Å²) < 4.78 is 0. The van der Waals surface area contributed by atoms with Crippen LogP contribution in [0.3, 0.4) is 0 Å². The van der Waals surface area contributed by atoms with Gasteiger partial charge in [0.05, 0.1) is 5.56 Å². The maximum Gasteiger partial charge on any atom is 0.322 e. The minimum absolute atomic E-state index is 0.0737. The van der Waals surface area contributed by atoms with Gasteiger partial charge in [-0.2, -0.15) is 0 Å². The normalized spacial score (nSPS) is 19.2. The van der Waals surface area contributed by atoms with E-state index in [1.165, 1.54) is 11.0 Å². The number of rotatable bonds is 2. The lowest BCUT2D eigenvalue weighted by Crippen LogP contribution is -2.55. The molecule has 0 bridgehead atoms. The second kappa shape index (κ2) is 5.27. The highest BCUT2D eigenvalue weighted by Crippen LogP contribution is 2.20. The molecule has 0 aliphatic carbocycles. The number of benzene rings is 1. The van der Waals surface area contributed by atoms with Crippen LogP contribution in [0.2, 0.25) is 0 Å². The zero-order valence-electron chi connectivity index (χ0n) is 10.6. The lowest BCUT2D eigenvalue weighted by Gasteiger charge is -2.31. The highest BCUT2D eigenvalue weighted by molar-refractivity contribution is 5.97. The molecule has 1 saturated heterocycles. The van der Waals surface area contributed by atoms with E-state index in [-0.39, 0.29) is 23.8 Å². The van der Waals surface area contributed by atoms with Gasteiger partial charge in [0.15, 0.2) is 0 Å². The number of amides is 1. The number of nitrogens with zero attached hydrogens (tertiary/aromatic N) is 1. The number of carbonyl (C=O) groups excluding carboxylic acids is 1. The van der Waals surface area contributed by atoms with Crippen LogP contribution in [0.4, 0.5) is 0 Å². The Hall–Kier alpha value is -2.08. The fourth-order valence-corrected chi connectivity index (χ4v) is 2.09. The van der Waals surface area contributed by atoms with Gasteiger partial charge < -0.3 is 20.4 Å². The Balaban J connectivity index is 2.17. The quantitative estimate of drug-likeness (QED) is 0.710. The lowest BCUT2D eigenvalue weighted by molar-refractivity contribution is -0.140. The SMILES string of the molecule is Cc1ccc(C(=O)N2CCN[C@H](C(=O)O)C2)c(O)c1. The van der Waals surface area contributed by atoms with Crippen molar-refractivity contribution in [3.05, 3.63) is 29.3 Å². The highest BCUT2D eigenvalue weighted by Gasteiger charge is 2.29. The van der Waals surface area contributed by atoms with Crippen molar-refractivity contribution in [2.75, 3.05) is 19.6 Å². The van der Waals surface area contributed by atoms with E-state index < -0.39 is 12.0 Å². The Morgan fingerprint density at radius 1 is 1.42 bits per heavy atom.